The second-order valence-corrected chi connectivity index (χ2v) is 8.11. The molecule has 0 unspecified atom stereocenters. The van der Waals surface area contributed by atoms with Crippen LogP contribution in [0.15, 0.2) is 29.8 Å². The van der Waals surface area contributed by atoms with E-state index < -0.39 is 0 Å². The second-order valence-electron chi connectivity index (χ2n) is 7.08. The summed E-state index contributed by atoms with van der Waals surface area (Å²) in [6.45, 7) is 4.18. The van der Waals surface area contributed by atoms with Crippen molar-refractivity contribution in [3.63, 3.8) is 0 Å². The summed E-state index contributed by atoms with van der Waals surface area (Å²) in [6, 6.07) is 6.90. The average molecular weight is 375 g/mol. The smallest absolute Gasteiger partial charge is 0.222 e. The number of thiophene rings is 1. The molecule has 0 aliphatic carbocycles. The highest BCUT2D eigenvalue weighted by Gasteiger charge is 2.31. The molecule has 140 valence electrons. The molecule has 2 aliphatic rings. The maximum atomic E-state index is 12.5. The predicted octanol–water partition coefficient (Wildman–Crippen LogP) is 2.23. The zero-order chi connectivity index (χ0) is 17.8. The highest BCUT2D eigenvalue weighted by atomic mass is 32.1. The molecule has 1 amide bonds. The van der Waals surface area contributed by atoms with Crippen LogP contribution in [-0.2, 0) is 22.5 Å². The predicted molar refractivity (Wildman–Crippen MR) is 101 cm³/mol. The summed E-state index contributed by atoms with van der Waals surface area (Å²) in [7, 11) is 0. The highest BCUT2D eigenvalue weighted by Crippen LogP contribution is 2.27. The molecule has 0 bridgehead atoms. The summed E-state index contributed by atoms with van der Waals surface area (Å²) in [5.41, 5.74) is 1.21. The molecule has 4 rings (SSSR count). The summed E-state index contributed by atoms with van der Waals surface area (Å²) < 4.78 is 7.55. The molecule has 2 aromatic heterocycles. The SMILES string of the molecule is O=C(C[C@@H]1CN(C2CCOCC2)Cc2ccnn21)NCCc1cccs1. The molecule has 6 nitrogen and oxygen atoms in total. The molecule has 7 heteroatoms. The first-order valence-electron chi connectivity index (χ1n) is 9.43. The van der Waals surface area contributed by atoms with Gasteiger partial charge in [0.15, 0.2) is 0 Å². The molecule has 1 fully saturated rings. The van der Waals surface area contributed by atoms with Crippen molar-refractivity contribution >= 4 is 17.2 Å². The first-order chi connectivity index (χ1) is 12.8. The molecule has 1 N–H and O–H groups in total. The van der Waals surface area contributed by atoms with Crippen molar-refractivity contribution in [2.75, 3.05) is 26.3 Å². The number of rotatable bonds is 6. The fraction of sp³-hybridized carbons (Fsp3) is 0.579. The molecule has 0 radical (unpaired) electrons. The molecule has 0 saturated carbocycles. The molecule has 1 saturated heterocycles. The van der Waals surface area contributed by atoms with Crippen LogP contribution in [-0.4, -0.2) is 52.9 Å². The van der Waals surface area contributed by atoms with E-state index in [1.54, 1.807) is 11.3 Å². The number of carbonyl (C=O) groups is 1. The van der Waals surface area contributed by atoms with E-state index in [-0.39, 0.29) is 11.9 Å². The largest absolute Gasteiger partial charge is 0.381 e. The van der Waals surface area contributed by atoms with Crippen molar-refractivity contribution in [3.8, 4) is 0 Å². The van der Waals surface area contributed by atoms with E-state index in [1.807, 2.05) is 12.3 Å². The van der Waals surface area contributed by atoms with E-state index in [0.29, 0.717) is 19.0 Å². The summed E-state index contributed by atoms with van der Waals surface area (Å²) in [5, 5.41) is 9.63. The number of ether oxygens (including phenoxy) is 1. The van der Waals surface area contributed by atoms with Crippen molar-refractivity contribution in [3.05, 3.63) is 40.3 Å². The molecule has 2 aromatic rings. The Balaban J connectivity index is 1.34. The Morgan fingerprint density at radius 1 is 1.35 bits per heavy atom. The molecule has 0 aromatic carbocycles. The van der Waals surface area contributed by atoms with Gasteiger partial charge >= 0.3 is 0 Å². The maximum Gasteiger partial charge on any atom is 0.222 e. The molecule has 26 heavy (non-hydrogen) atoms. The number of amides is 1. The molecule has 1 atom stereocenters. The molecular weight excluding hydrogens is 348 g/mol. The van der Waals surface area contributed by atoms with Crippen molar-refractivity contribution in [1.82, 2.24) is 20.0 Å². The van der Waals surface area contributed by atoms with Crippen molar-refractivity contribution < 1.29 is 9.53 Å². The van der Waals surface area contributed by atoms with Crippen molar-refractivity contribution in [1.29, 1.82) is 0 Å². The van der Waals surface area contributed by atoms with E-state index >= 15 is 0 Å². The van der Waals surface area contributed by atoms with Crippen LogP contribution < -0.4 is 5.32 Å². The Kier molecular flexibility index (Phi) is 5.67. The quantitative estimate of drug-likeness (QED) is 0.842. The van der Waals surface area contributed by atoms with Crippen LogP contribution in [0.2, 0.25) is 0 Å². The van der Waals surface area contributed by atoms with Gasteiger partial charge in [-0.3, -0.25) is 14.4 Å². The van der Waals surface area contributed by atoms with Crippen molar-refractivity contribution in [2.45, 2.75) is 44.3 Å². The number of nitrogens with one attached hydrogen (secondary N) is 1. The maximum absolute atomic E-state index is 12.5. The third kappa shape index (κ3) is 4.16. The summed E-state index contributed by atoms with van der Waals surface area (Å²) >= 11 is 1.74. The zero-order valence-electron chi connectivity index (χ0n) is 15.0. The molecule has 0 spiro atoms. The third-order valence-corrected chi connectivity index (χ3v) is 6.25. The first-order valence-corrected chi connectivity index (χ1v) is 10.3. The van der Waals surface area contributed by atoms with Gasteiger partial charge in [0.05, 0.1) is 18.2 Å². The van der Waals surface area contributed by atoms with Gasteiger partial charge < -0.3 is 10.1 Å². The fourth-order valence-electron chi connectivity index (χ4n) is 3.96. The number of hydrogen-bond acceptors (Lipinski definition) is 5. The lowest BCUT2D eigenvalue weighted by atomic mass is 10.0. The van der Waals surface area contributed by atoms with E-state index in [1.165, 1.54) is 10.6 Å². The fourth-order valence-corrected chi connectivity index (χ4v) is 4.67. The average Bonchev–Trinajstić information content (AvgIpc) is 3.34. The van der Waals surface area contributed by atoms with Gasteiger partial charge in [-0.15, -0.1) is 11.3 Å². The monoisotopic (exact) mass is 374 g/mol. The number of aromatic nitrogens is 2. The minimum absolute atomic E-state index is 0.110. The minimum atomic E-state index is 0.110. The lowest BCUT2D eigenvalue weighted by Crippen LogP contribution is -2.46. The van der Waals surface area contributed by atoms with Gasteiger partial charge in [0.25, 0.3) is 0 Å². The summed E-state index contributed by atoms with van der Waals surface area (Å²) in [5.74, 6) is 0.113. The van der Waals surface area contributed by atoms with E-state index in [4.69, 9.17) is 4.74 Å². The molecular formula is C19H26N4O2S. The van der Waals surface area contributed by atoms with Crippen LogP contribution in [0.3, 0.4) is 0 Å². The van der Waals surface area contributed by atoms with Crippen LogP contribution in [0, 0.1) is 0 Å². The standard InChI is InChI=1S/C19H26N4O2S/c24-19(20-7-4-18-2-1-11-26-18)12-17-14-22(15-5-9-25-10-6-15)13-16-3-8-21-23(16)17/h1-3,8,11,15,17H,4-7,9-10,12-14H2,(H,20,24)/t17-/m1/s1. The normalized spacial score (nSPS) is 21.5. The van der Waals surface area contributed by atoms with Gasteiger partial charge in [0, 0.05) is 50.0 Å². The minimum Gasteiger partial charge on any atom is -0.381 e. The number of fused-ring (bicyclic) bond motifs is 1. The van der Waals surface area contributed by atoms with E-state index in [0.717, 1.165) is 45.6 Å². The number of hydrogen-bond donors (Lipinski definition) is 1. The Hall–Kier alpha value is -1.70. The van der Waals surface area contributed by atoms with Crippen LogP contribution in [0.1, 0.15) is 35.9 Å². The van der Waals surface area contributed by atoms with Crippen LogP contribution in [0.25, 0.3) is 0 Å². The lowest BCUT2D eigenvalue weighted by Gasteiger charge is -2.40. The van der Waals surface area contributed by atoms with E-state index in [2.05, 4.69) is 37.5 Å². The molecule has 2 aliphatic heterocycles. The Morgan fingerprint density at radius 3 is 3.04 bits per heavy atom. The van der Waals surface area contributed by atoms with Crippen LogP contribution in [0.5, 0.6) is 0 Å². The van der Waals surface area contributed by atoms with Gasteiger partial charge in [-0.05, 0) is 36.8 Å². The van der Waals surface area contributed by atoms with Gasteiger partial charge in [0.1, 0.15) is 0 Å². The Bertz CT molecular complexity index is 709. The van der Waals surface area contributed by atoms with E-state index in [9.17, 15) is 4.79 Å². The third-order valence-electron chi connectivity index (χ3n) is 5.31. The van der Waals surface area contributed by atoms with Gasteiger partial charge in [0.2, 0.25) is 5.91 Å². The van der Waals surface area contributed by atoms with Crippen molar-refractivity contribution in [2.24, 2.45) is 0 Å². The second kappa shape index (κ2) is 8.33. The van der Waals surface area contributed by atoms with Gasteiger partial charge in [-0.1, -0.05) is 6.07 Å². The molecule has 4 heterocycles. The van der Waals surface area contributed by atoms with Crippen LogP contribution in [0.4, 0.5) is 0 Å². The first kappa shape index (κ1) is 17.7. The van der Waals surface area contributed by atoms with Gasteiger partial charge in [-0.25, -0.2) is 0 Å². The lowest BCUT2D eigenvalue weighted by molar-refractivity contribution is -0.122. The summed E-state index contributed by atoms with van der Waals surface area (Å²) in [4.78, 5) is 16.3. The zero-order valence-corrected chi connectivity index (χ0v) is 15.8. The summed E-state index contributed by atoms with van der Waals surface area (Å²) in [6.07, 6.45) is 5.39. The Morgan fingerprint density at radius 2 is 2.23 bits per heavy atom. The van der Waals surface area contributed by atoms with Crippen LogP contribution >= 0.6 is 11.3 Å². The Labute approximate surface area is 158 Å². The number of nitrogens with zero attached hydrogens (tertiary/aromatic N) is 3. The topological polar surface area (TPSA) is 59.4 Å². The van der Waals surface area contributed by atoms with Gasteiger partial charge in [-0.2, -0.15) is 5.10 Å². The highest BCUT2D eigenvalue weighted by molar-refractivity contribution is 7.09. The number of carbonyl (C=O) groups excluding carboxylic acids is 1.